The highest BCUT2D eigenvalue weighted by Gasteiger charge is 2.35. The first-order valence-corrected chi connectivity index (χ1v) is 43.1. The van der Waals surface area contributed by atoms with Crippen molar-refractivity contribution in [2.45, 2.75) is 19.3 Å². The molecule has 0 atom stereocenters. The zero-order chi connectivity index (χ0) is 82.8. The summed E-state index contributed by atoms with van der Waals surface area (Å²) in [5.74, 6) is 0. The van der Waals surface area contributed by atoms with Gasteiger partial charge < -0.3 is 18.6 Å². The molecule has 0 N–H and O–H groups in total. The third-order valence-corrected chi connectivity index (χ3v) is 26.3. The first-order valence-electron chi connectivity index (χ1n) is 43.1. The van der Waals surface area contributed by atoms with E-state index in [4.69, 9.17) is 8.83 Å². The lowest BCUT2D eigenvalue weighted by atomic mass is 9.81. The molecule has 125 heavy (non-hydrogen) atoms. The molecular formula is C121H80N2O2. The number of anilines is 6. The normalized spacial score (nSPS) is 12.3. The van der Waals surface area contributed by atoms with Gasteiger partial charge >= 0.3 is 0 Å². The van der Waals surface area contributed by atoms with Crippen molar-refractivity contribution < 1.29 is 8.83 Å². The zero-order valence-corrected chi connectivity index (χ0v) is 68.9. The van der Waals surface area contributed by atoms with E-state index in [0.29, 0.717) is 0 Å². The highest BCUT2D eigenvalue weighted by molar-refractivity contribution is 6.13. The van der Waals surface area contributed by atoms with Crippen LogP contribution in [-0.2, 0) is 5.41 Å². The standard InChI is InChI=1S/C121H80N2O2/c1-121(2)113-37-10-5-29-106(113)107-67-55-84(74-114(107)121)78-48-60-94(61-49-78)123(96-64-52-80(53-65-96)86-57-69-111-109-31-9-14-41-118(109)125-120(111)76-86)116-39-12-7-28-103(116)90-25-16-23-88(72-90)99-33-18-36-105-100(34-19-35-104(99)105)92-45-43-82-42-44-91-70-83(54-66-101(91)112(82)73-92)77-46-58-93(59-47-77)122(95-62-50-79(51-63-95)85-56-68-110-108-30-8-13-40-117(108)124-119(110)75-85)115-38-11-6-27-102(115)89-24-15-22-87(71-89)98-32-17-21-81-20-3-4-26-97(81)98/h3-76H,1-2H3. The summed E-state index contributed by atoms with van der Waals surface area (Å²) in [4.78, 5) is 4.83. The van der Waals surface area contributed by atoms with Crippen LogP contribution in [0, 0.1) is 0 Å². The summed E-state index contributed by atoms with van der Waals surface area (Å²) in [6, 6.07) is 165. The predicted molar refractivity (Wildman–Crippen MR) is 527 cm³/mol. The molecule has 1 aliphatic carbocycles. The van der Waals surface area contributed by atoms with Gasteiger partial charge in [-0.05, 0) is 282 Å². The summed E-state index contributed by atoms with van der Waals surface area (Å²) in [6.07, 6.45) is 0. The van der Waals surface area contributed by atoms with Crippen LogP contribution < -0.4 is 9.80 Å². The van der Waals surface area contributed by atoms with Crippen molar-refractivity contribution in [1.82, 2.24) is 0 Å². The smallest absolute Gasteiger partial charge is 0.136 e. The van der Waals surface area contributed by atoms with Crippen LogP contribution in [0.1, 0.15) is 25.0 Å². The van der Waals surface area contributed by atoms with E-state index in [2.05, 4.69) is 448 Å². The third kappa shape index (κ3) is 12.6. The van der Waals surface area contributed by atoms with Gasteiger partial charge in [-0.2, -0.15) is 0 Å². The lowest BCUT2D eigenvalue weighted by Crippen LogP contribution is -2.14. The van der Waals surface area contributed by atoms with Crippen molar-refractivity contribution >= 4 is 121 Å². The van der Waals surface area contributed by atoms with Crippen molar-refractivity contribution in [2.24, 2.45) is 0 Å². The van der Waals surface area contributed by atoms with Gasteiger partial charge in [0.25, 0.3) is 0 Å². The van der Waals surface area contributed by atoms with E-state index >= 15 is 0 Å². The first-order chi connectivity index (χ1) is 61.7. The molecule has 4 nitrogen and oxygen atoms in total. The van der Waals surface area contributed by atoms with E-state index in [1.807, 2.05) is 24.3 Å². The Balaban J connectivity index is 0.546. The Labute approximate surface area is 725 Å². The van der Waals surface area contributed by atoms with Crippen molar-refractivity contribution in [2.75, 3.05) is 9.80 Å². The van der Waals surface area contributed by atoms with E-state index in [1.54, 1.807) is 0 Å². The molecule has 0 spiro atoms. The Morgan fingerprint density at radius 2 is 0.496 bits per heavy atom. The van der Waals surface area contributed by atoms with Crippen LogP contribution in [0.2, 0.25) is 0 Å². The van der Waals surface area contributed by atoms with Crippen molar-refractivity contribution in [3.8, 4) is 111 Å². The molecular weight excluding hydrogens is 1510 g/mol. The monoisotopic (exact) mass is 1590 g/mol. The average Bonchev–Trinajstić information content (AvgIpc) is 1.62. The average molecular weight is 1590 g/mol. The molecule has 23 aromatic rings. The second-order valence-corrected chi connectivity index (χ2v) is 33.8. The number of rotatable bonds is 15. The molecule has 0 saturated carbocycles. The van der Waals surface area contributed by atoms with E-state index in [0.717, 1.165) is 139 Å². The van der Waals surface area contributed by atoms with E-state index in [-0.39, 0.29) is 5.41 Å². The van der Waals surface area contributed by atoms with Crippen LogP contribution in [0.4, 0.5) is 34.1 Å². The second kappa shape index (κ2) is 29.6. The van der Waals surface area contributed by atoms with Crippen LogP contribution >= 0.6 is 0 Å². The Bertz CT molecular complexity index is 8240. The minimum absolute atomic E-state index is 0.102. The molecule has 0 saturated heterocycles. The molecule has 1 aliphatic rings. The van der Waals surface area contributed by atoms with Crippen LogP contribution in [0.25, 0.3) is 198 Å². The van der Waals surface area contributed by atoms with Crippen molar-refractivity contribution in [3.05, 3.63) is 460 Å². The summed E-state index contributed by atoms with van der Waals surface area (Å²) in [5.41, 5.74) is 35.9. The summed E-state index contributed by atoms with van der Waals surface area (Å²) >= 11 is 0. The molecule has 0 bridgehead atoms. The third-order valence-electron chi connectivity index (χ3n) is 26.3. The van der Waals surface area contributed by atoms with Crippen molar-refractivity contribution in [3.63, 3.8) is 0 Å². The highest BCUT2D eigenvalue weighted by atomic mass is 16.3. The topological polar surface area (TPSA) is 32.8 Å². The lowest BCUT2D eigenvalue weighted by Gasteiger charge is -2.28. The molecule has 0 aliphatic heterocycles. The number of fused-ring (bicyclic) bond motifs is 14. The van der Waals surface area contributed by atoms with E-state index in [9.17, 15) is 0 Å². The number of hydrogen-bond acceptors (Lipinski definition) is 4. The maximum absolute atomic E-state index is 6.40. The predicted octanol–water partition coefficient (Wildman–Crippen LogP) is 34.3. The maximum atomic E-state index is 6.40. The molecule has 4 heteroatoms. The Hall–Kier alpha value is -16.1. The molecule has 0 unspecified atom stereocenters. The molecule has 2 heterocycles. The van der Waals surface area contributed by atoms with Gasteiger partial charge in [-0.25, -0.2) is 0 Å². The molecule has 0 fully saturated rings. The molecule has 0 radical (unpaired) electrons. The van der Waals surface area contributed by atoms with Gasteiger partial charge in [0.15, 0.2) is 0 Å². The van der Waals surface area contributed by atoms with Crippen LogP contribution in [0.3, 0.4) is 0 Å². The first kappa shape index (κ1) is 72.8. The van der Waals surface area contributed by atoms with Gasteiger partial charge in [0, 0.05) is 60.8 Å². The van der Waals surface area contributed by atoms with Gasteiger partial charge in [-0.15, -0.1) is 0 Å². The Kier molecular flexibility index (Phi) is 17.3. The maximum Gasteiger partial charge on any atom is 0.136 e. The highest BCUT2D eigenvalue weighted by Crippen LogP contribution is 2.52. The van der Waals surface area contributed by atoms with E-state index in [1.165, 1.54) is 104 Å². The molecule has 2 aromatic heterocycles. The molecule has 24 rings (SSSR count). The number of nitrogens with zero attached hydrogens (tertiary/aromatic N) is 2. The minimum Gasteiger partial charge on any atom is -0.456 e. The SMILES string of the molecule is CC1(C)c2ccccc2-c2ccc(-c3ccc(N(c4ccc(-c5ccc6c(c5)oc5ccccc56)cc4)c4ccccc4-c4cccc(-c5cccc6c(-c7ccc8ccc9cc(-c%10ccc(N(c%11ccc(-c%12ccc%13c(c%12)oc%12ccccc%12%13)cc%11)c%11ccccc%11-c%11cccc(-c%12cccc%13ccccc%12%13)c%11)cc%10)ccc9c8c7)cccc56)c4)cc3)cc21. The Morgan fingerprint density at radius 3 is 1.03 bits per heavy atom. The number of benzene rings is 21. The number of hydrogen-bond donors (Lipinski definition) is 0. The summed E-state index contributed by atoms with van der Waals surface area (Å²) < 4.78 is 12.8. The minimum atomic E-state index is -0.102. The molecule has 0 amide bonds. The Morgan fingerprint density at radius 1 is 0.168 bits per heavy atom. The van der Waals surface area contributed by atoms with E-state index < -0.39 is 0 Å². The van der Waals surface area contributed by atoms with Gasteiger partial charge in [-0.1, -0.05) is 335 Å². The van der Waals surface area contributed by atoms with Gasteiger partial charge in [-0.3, -0.25) is 0 Å². The van der Waals surface area contributed by atoms with Crippen LogP contribution in [-0.4, -0.2) is 0 Å². The number of furan rings is 2. The molecule has 586 valence electrons. The summed E-state index contributed by atoms with van der Waals surface area (Å²) in [5, 5.41) is 14.2. The quantitative estimate of drug-likeness (QED) is 0.0958. The zero-order valence-electron chi connectivity index (χ0n) is 68.9. The number of para-hydroxylation sites is 4. The summed E-state index contributed by atoms with van der Waals surface area (Å²) in [7, 11) is 0. The fourth-order valence-electron chi connectivity index (χ4n) is 20.0. The largest absolute Gasteiger partial charge is 0.456 e. The van der Waals surface area contributed by atoms with Gasteiger partial charge in [0.05, 0.1) is 11.4 Å². The fourth-order valence-corrected chi connectivity index (χ4v) is 20.0. The fraction of sp³-hybridized carbons (Fsp3) is 0.0248. The van der Waals surface area contributed by atoms with Crippen LogP contribution in [0.15, 0.2) is 458 Å². The summed E-state index contributed by atoms with van der Waals surface area (Å²) in [6.45, 7) is 4.71. The lowest BCUT2D eigenvalue weighted by molar-refractivity contribution is 0.660. The second-order valence-electron chi connectivity index (χ2n) is 33.8. The van der Waals surface area contributed by atoms with Gasteiger partial charge in [0.2, 0.25) is 0 Å². The molecule has 21 aromatic carbocycles. The van der Waals surface area contributed by atoms with Gasteiger partial charge in [0.1, 0.15) is 22.3 Å². The van der Waals surface area contributed by atoms with Crippen LogP contribution in [0.5, 0.6) is 0 Å². The van der Waals surface area contributed by atoms with Crippen molar-refractivity contribution in [1.29, 1.82) is 0 Å².